The second kappa shape index (κ2) is 37.5. The van der Waals surface area contributed by atoms with Crippen LogP contribution in [0.5, 0.6) is 0 Å². The van der Waals surface area contributed by atoms with Crippen LogP contribution in [0.3, 0.4) is 0 Å². The number of hydrogen-bond donors (Lipinski definition) is 8. The molecule has 0 aromatic heterocycles. The van der Waals surface area contributed by atoms with E-state index in [4.69, 9.17) is 9.05 Å². The standard InChI is InChI=1S/C47H92NO11P/c1-3-5-7-9-11-13-15-17-19-21-22-24-26-28-30-32-34-36-40(49)39(38-58-60(56,57)59-47-45(54)43(52)42(51)44(53)46(47)55)48-41(50)37-35-33-31-29-27-25-23-20-18-16-14-12-10-8-6-4-2/h34,36,39-40,42-47,49,51-55H,3-33,35,37-38H2,1-2H3,(H,48,50)(H,56,57)/b36-34+/t39-,40+,42?,43+,44?,45?,46?,47?/m0/s1. The monoisotopic (exact) mass is 878 g/mol. The Labute approximate surface area is 365 Å². The third-order valence-electron chi connectivity index (χ3n) is 12.1. The van der Waals surface area contributed by atoms with Crippen LogP contribution in [0.15, 0.2) is 12.2 Å². The minimum Gasteiger partial charge on any atom is -0.387 e. The van der Waals surface area contributed by atoms with E-state index in [-0.39, 0.29) is 12.3 Å². The van der Waals surface area contributed by atoms with Crippen molar-refractivity contribution in [2.75, 3.05) is 6.61 Å². The molecule has 6 unspecified atom stereocenters. The number of carbonyl (C=O) groups is 1. The molecule has 0 radical (unpaired) electrons. The first-order chi connectivity index (χ1) is 28.9. The number of unbranched alkanes of at least 4 members (excludes halogenated alkanes) is 30. The Morgan fingerprint density at radius 2 is 0.883 bits per heavy atom. The van der Waals surface area contributed by atoms with E-state index in [1.165, 1.54) is 154 Å². The van der Waals surface area contributed by atoms with Crippen molar-refractivity contribution >= 4 is 13.7 Å². The third kappa shape index (κ3) is 28.7. The molecule has 1 amide bonds. The van der Waals surface area contributed by atoms with Crippen LogP contribution < -0.4 is 5.32 Å². The topological polar surface area (TPSA) is 206 Å². The highest BCUT2D eigenvalue weighted by Gasteiger charge is 2.51. The van der Waals surface area contributed by atoms with Crippen molar-refractivity contribution in [3.05, 3.63) is 12.2 Å². The quantitative estimate of drug-likeness (QED) is 0.0165. The van der Waals surface area contributed by atoms with Crippen molar-refractivity contribution in [2.24, 2.45) is 0 Å². The molecule has 0 aliphatic heterocycles. The summed E-state index contributed by atoms with van der Waals surface area (Å²) in [6.07, 6.45) is 29.9. The molecule has 0 bridgehead atoms. The van der Waals surface area contributed by atoms with Gasteiger partial charge in [0.2, 0.25) is 5.91 Å². The number of amides is 1. The van der Waals surface area contributed by atoms with Crippen LogP contribution in [0.2, 0.25) is 0 Å². The van der Waals surface area contributed by atoms with Gasteiger partial charge >= 0.3 is 7.82 Å². The smallest absolute Gasteiger partial charge is 0.387 e. The Morgan fingerprint density at radius 3 is 1.27 bits per heavy atom. The van der Waals surface area contributed by atoms with Crippen molar-refractivity contribution in [3.8, 4) is 0 Å². The van der Waals surface area contributed by atoms with Gasteiger partial charge < -0.3 is 40.8 Å². The summed E-state index contributed by atoms with van der Waals surface area (Å²) >= 11 is 0. The van der Waals surface area contributed by atoms with Crippen molar-refractivity contribution in [1.82, 2.24) is 5.32 Å². The first-order valence-electron chi connectivity index (χ1n) is 24.6. The average molecular weight is 878 g/mol. The highest BCUT2D eigenvalue weighted by Crippen LogP contribution is 2.47. The zero-order chi connectivity index (χ0) is 44.3. The molecule has 9 atom stereocenters. The molecule has 0 saturated heterocycles. The van der Waals surface area contributed by atoms with Crippen LogP contribution in [0, 0.1) is 0 Å². The van der Waals surface area contributed by atoms with E-state index < -0.39 is 63.2 Å². The summed E-state index contributed by atoms with van der Waals surface area (Å²) in [7, 11) is -5.08. The molecule has 0 heterocycles. The first kappa shape index (κ1) is 57.1. The Morgan fingerprint density at radius 1 is 0.550 bits per heavy atom. The summed E-state index contributed by atoms with van der Waals surface area (Å²) < 4.78 is 22.9. The van der Waals surface area contributed by atoms with Crippen molar-refractivity contribution < 1.29 is 53.9 Å². The number of phosphoric ester groups is 1. The van der Waals surface area contributed by atoms with Crippen LogP contribution in [0.25, 0.3) is 0 Å². The average Bonchev–Trinajstić information content (AvgIpc) is 3.23. The predicted octanol–water partition coefficient (Wildman–Crippen LogP) is 9.62. The lowest BCUT2D eigenvalue weighted by Gasteiger charge is -2.41. The van der Waals surface area contributed by atoms with E-state index in [1.807, 2.05) is 6.08 Å². The maximum absolute atomic E-state index is 13.0. The van der Waals surface area contributed by atoms with Crippen molar-refractivity contribution in [3.63, 3.8) is 0 Å². The number of hydrogen-bond acceptors (Lipinski definition) is 10. The van der Waals surface area contributed by atoms with E-state index in [1.54, 1.807) is 6.08 Å². The molecule has 0 spiro atoms. The highest BCUT2D eigenvalue weighted by molar-refractivity contribution is 7.47. The summed E-state index contributed by atoms with van der Waals surface area (Å²) in [5, 5.41) is 64.1. The number of allylic oxidation sites excluding steroid dienone is 1. The van der Waals surface area contributed by atoms with Crippen molar-refractivity contribution in [2.45, 2.75) is 275 Å². The number of aliphatic hydroxyl groups is 6. The van der Waals surface area contributed by atoms with Gasteiger partial charge in [0, 0.05) is 6.42 Å². The minimum absolute atomic E-state index is 0.219. The lowest BCUT2D eigenvalue weighted by atomic mass is 9.85. The summed E-state index contributed by atoms with van der Waals surface area (Å²) in [4.78, 5) is 23.4. The molecule has 1 aliphatic rings. The van der Waals surface area contributed by atoms with Gasteiger partial charge in [-0.1, -0.05) is 212 Å². The normalized spacial score (nSPS) is 22.9. The maximum atomic E-state index is 13.0. The van der Waals surface area contributed by atoms with Gasteiger partial charge in [-0.3, -0.25) is 13.8 Å². The van der Waals surface area contributed by atoms with Gasteiger partial charge in [-0.2, -0.15) is 0 Å². The zero-order valence-corrected chi connectivity index (χ0v) is 38.9. The second-order valence-electron chi connectivity index (χ2n) is 17.7. The molecule has 8 N–H and O–H groups in total. The lowest BCUT2D eigenvalue weighted by Crippen LogP contribution is -2.64. The fourth-order valence-electron chi connectivity index (χ4n) is 8.02. The van der Waals surface area contributed by atoms with Gasteiger partial charge in [-0.15, -0.1) is 0 Å². The highest BCUT2D eigenvalue weighted by atomic mass is 31.2. The molecule has 1 fully saturated rings. The molecular weight excluding hydrogens is 785 g/mol. The first-order valence-corrected chi connectivity index (χ1v) is 26.1. The minimum atomic E-state index is -5.08. The van der Waals surface area contributed by atoms with Crippen LogP contribution in [0.4, 0.5) is 0 Å². The molecule has 1 rings (SSSR count). The van der Waals surface area contributed by atoms with E-state index in [9.17, 15) is 44.9 Å². The fraction of sp³-hybridized carbons (Fsp3) is 0.936. The molecule has 13 heteroatoms. The molecule has 1 saturated carbocycles. The molecule has 0 aromatic carbocycles. The number of rotatable bonds is 41. The molecular formula is C47H92NO11P. The van der Waals surface area contributed by atoms with Gasteiger partial charge in [-0.25, -0.2) is 4.57 Å². The summed E-state index contributed by atoms with van der Waals surface area (Å²) in [5.74, 6) is -0.337. The summed E-state index contributed by atoms with van der Waals surface area (Å²) in [5.41, 5.74) is 0. The molecule has 0 aromatic rings. The van der Waals surface area contributed by atoms with Crippen molar-refractivity contribution in [1.29, 1.82) is 0 Å². The van der Waals surface area contributed by atoms with Crippen LogP contribution in [0.1, 0.15) is 226 Å². The molecule has 356 valence electrons. The second-order valence-corrected chi connectivity index (χ2v) is 19.1. The largest absolute Gasteiger partial charge is 0.472 e. The zero-order valence-electron chi connectivity index (χ0n) is 38.0. The number of carbonyl (C=O) groups excluding carboxylic acids is 1. The summed E-state index contributed by atoms with van der Waals surface area (Å²) in [6.45, 7) is 3.86. The number of nitrogens with one attached hydrogen (secondary N) is 1. The maximum Gasteiger partial charge on any atom is 0.472 e. The van der Waals surface area contributed by atoms with Crippen LogP contribution in [-0.4, -0.2) is 96.8 Å². The number of aliphatic hydroxyl groups excluding tert-OH is 6. The third-order valence-corrected chi connectivity index (χ3v) is 13.1. The SMILES string of the molecule is CCCCCCCCCCCCCCCCC/C=C/[C@@H](O)[C@H](COP(=O)(O)OC1C(O)C(O)C(O)[C@@H](O)C1O)NC(=O)CCCCCCCCCCCCCCCCCC. The van der Waals surface area contributed by atoms with Gasteiger partial charge in [0.25, 0.3) is 0 Å². The van der Waals surface area contributed by atoms with Gasteiger partial charge in [0.15, 0.2) is 0 Å². The summed E-state index contributed by atoms with van der Waals surface area (Å²) in [6, 6.07) is -1.11. The molecule has 12 nitrogen and oxygen atoms in total. The van der Waals surface area contributed by atoms with Gasteiger partial charge in [0.1, 0.15) is 36.6 Å². The Bertz CT molecular complexity index is 1070. The molecule has 60 heavy (non-hydrogen) atoms. The van der Waals surface area contributed by atoms with E-state index in [0.717, 1.165) is 44.9 Å². The molecule has 1 aliphatic carbocycles. The van der Waals surface area contributed by atoms with E-state index >= 15 is 0 Å². The predicted molar refractivity (Wildman–Crippen MR) is 241 cm³/mol. The Balaban J connectivity index is 2.46. The Kier molecular flexibility index (Phi) is 35.6. The van der Waals surface area contributed by atoms with Crippen LogP contribution in [-0.2, 0) is 18.4 Å². The van der Waals surface area contributed by atoms with Gasteiger partial charge in [-0.05, 0) is 19.3 Å². The van der Waals surface area contributed by atoms with Crippen LogP contribution >= 0.6 is 7.82 Å². The Hall–Kier alpha value is -0.920. The van der Waals surface area contributed by atoms with Gasteiger partial charge in [0.05, 0.1) is 18.8 Å². The fourth-order valence-corrected chi connectivity index (χ4v) is 8.99. The number of phosphoric acid groups is 1. The van der Waals surface area contributed by atoms with E-state index in [2.05, 4.69) is 19.2 Å². The lowest BCUT2D eigenvalue weighted by molar-refractivity contribution is -0.220. The van der Waals surface area contributed by atoms with E-state index in [0.29, 0.717) is 6.42 Å².